The molecular weight excluding hydrogens is 440 g/mol. The van der Waals surface area contributed by atoms with Gasteiger partial charge in [-0.15, -0.1) is 0 Å². The zero-order valence-electron chi connectivity index (χ0n) is 19.3. The molecule has 0 radical (unpaired) electrons. The van der Waals surface area contributed by atoms with Crippen LogP contribution in [0, 0.1) is 5.92 Å². The summed E-state index contributed by atoms with van der Waals surface area (Å²) in [6.07, 6.45) is 3.78. The van der Waals surface area contributed by atoms with Gasteiger partial charge in [0.05, 0.1) is 18.9 Å². The van der Waals surface area contributed by atoms with Gasteiger partial charge in [0.2, 0.25) is 17.7 Å². The molecule has 2 aromatic rings. The maximum Gasteiger partial charge on any atom is 0.326 e. The number of carboxylic acids is 1. The number of aliphatic carboxylic acids is 1. The third-order valence-electron chi connectivity index (χ3n) is 5.51. The van der Waals surface area contributed by atoms with Crippen molar-refractivity contribution in [3.63, 3.8) is 0 Å². The molecule has 0 saturated carbocycles. The van der Waals surface area contributed by atoms with Gasteiger partial charge in [-0.3, -0.25) is 14.4 Å². The summed E-state index contributed by atoms with van der Waals surface area (Å²) in [4.78, 5) is 55.8. The van der Waals surface area contributed by atoms with Crippen LogP contribution in [0.2, 0.25) is 0 Å². The second-order valence-corrected chi connectivity index (χ2v) is 8.12. The number of nitrogens with two attached hydrogens (primary N) is 1. The fraction of sp³-hybridized carbons (Fsp3) is 0.435. The van der Waals surface area contributed by atoms with Crippen molar-refractivity contribution in [3.8, 4) is 0 Å². The quantitative estimate of drug-likeness (QED) is 0.232. The molecule has 11 heteroatoms. The number of rotatable bonds is 13. The fourth-order valence-electron chi connectivity index (χ4n) is 3.19. The first kappa shape index (κ1) is 26.5. The van der Waals surface area contributed by atoms with E-state index in [9.17, 15) is 24.3 Å². The summed E-state index contributed by atoms with van der Waals surface area (Å²) in [5.41, 5.74) is 7.36. The predicted molar refractivity (Wildman–Crippen MR) is 124 cm³/mol. The number of hydrogen-bond acceptors (Lipinski definition) is 6. The number of hydrogen-bond donors (Lipinski definition) is 6. The molecule has 0 aliphatic rings. The molecule has 184 valence electrons. The van der Waals surface area contributed by atoms with Gasteiger partial charge in [0.15, 0.2) is 0 Å². The van der Waals surface area contributed by atoms with Crippen LogP contribution in [0.15, 0.2) is 42.9 Å². The van der Waals surface area contributed by atoms with Crippen molar-refractivity contribution in [1.82, 2.24) is 25.9 Å². The van der Waals surface area contributed by atoms with E-state index in [0.717, 1.165) is 5.56 Å². The molecule has 1 heterocycles. The first-order valence-corrected chi connectivity index (χ1v) is 11.1. The molecule has 0 aliphatic carbocycles. The molecule has 1 aromatic heterocycles. The number of H-pyrrole nitrogens is 1. The Morgan fingerprint density at radius 2 is 1.76 bits per heavy atom. The summed E-state index contributed by atoms with van der Waals surface area (Å²) in [5, 5.41) is 16.9. The van der Waals surface area contributed by atoms with Gasteiger partial charge in [-0.25, -0.2) is 9.78 Å². The maximum atomic E-state index is 12.8. The van der Waals surface area contributed by atoms with Gasteiger partial charge in [-0.1, -0.05) is 50.6 Å². The number of carbonyl (C=O) groups is 4. The highest BCUT2D eigenvalue weighted by molar-refractivity contribution is 5.92. The van der Waals surface area contributed by atoms with Crippen LogP contribution in [-0.4, -0.2) is 63.4 Å². The number of benzene rings is 1. The molecule has 2 rings (SSSR count). The van der Waals surface area contributed by atoms with Crippen LogP contribution in [0.25, 0.3) is 0 Å². The highest BCUT2D eigenvalue weighted by Gasteiger charge is 2.27. The Morgan fingerprint density at radius 3 is 2.35 bits per heavy atom. The van der Waals surface area contributed by atoms with E-state index in [4.69, 9.17) is 5.73 Å². The second-order valence-electron chi connectivity index (χ2n) is 8.12. The lowest BCUT2D eigenvalue weighted by atomic mass is 9.98. The van der Waals surface area contributed by atoms with Gasteiger partial charge in [-0.05, 0) is 11.5 Å². The van der Waals surface area contributed by atoms with Gasteiger partial charge in [0, 0.05) is 24.7 Å². The molecule has 3 amide bonds. The van der Waals surface area contributed by atoms with E-state index in [-0.39, 0.29) is 18.8 Å². The molecule has 0 aliphatic heterocycles. The van der Waals surface area contributed by atoms with Crippen LogP contribution in [0.4, 0.5) is 0 Å². The molecule has 0 fully saturated rings. The summed E-state index contributed by atoms with van der Waals surface area (Å²) in [6, 6.07) is 6.17. The Hall–Kier alpha value is -3.73. The van der Waals surface area contributed by atoms with Gasteiger partial charge < -0.3 is 31.8 Å². The molecule has 1 aromatic carbocycles. The molecule has 0 spiro atoms. The molecule has 0 saturated heterocycles. The average Bonchev–Trinajstić information content (AvgIpc) is 3.34. The third kappa shape index (κ3) is 8.32. The molecular formula is C23H32N6O5. The highest BCUT2D eigenvalue weighted by Crippen LogP contribution is 2.08. The first-order valence-electron chi connectivity index (χ1n) is 11.1. The topological polar surface area (TPSA) is 179 Å². The Morgan fingerprint density at radius 1 is 1.06 bits per heavy atom. The van der Waals surface area contributed by atoms with Gasteiger partial charge in [-0.2, -0.15) is 0 Å². The zero-order valence-corrected chi connectivity index (χ0v) is 19.3. The predicted octanol–water partition coefficient (Wildman–Crippen LogP) is -0.261. The van der Waals surface area contributed by atoms with Crippen molar-refractivity contribution in [2.75, 3.05) is 6.54 Å². The van der Waals surface area contributed by atoms with E-state index >= 15 is 0 Å². The average molecular weight is 473 g/mol. The summed E-state index contributed by atoms with van der Waals surface area (Å²) in [5.74, 6) is -3.01. The first-order chi connectivity index (χ1) is 16.2. The van der Waals surface area contributed by atoms with E-state index in [1.807, 2.05) is 44.2 Å². The Labute approximate surface area is 197 Å². The van der Waals surface area contributed by atoms with Crippen LogP contribution in [0.5, 0.6) is 0 Å². The molecule has 0 bridgehead atoms. The second kappa shape index (κ2) is 13.1. The highest BCUT2D eigenvalue weighted by atomic mass is 16.4. The van der Waals surface area contributed by atoms with Crippen molar-refractivity contribution in [1.29, 1.82) is 0 Å². The number of carbonyl (C=O) groups excluding carboxylic acids is 3. The Kier molecular flexibility index (Phi) is 10.2. The van der Waals surface area contributed by atoms with Crippen LogP contribution >= 0.6 is 0 Å². The van der Waals surface area contributed by atoms with E-state index in [2.05, 4.69) is 25.9 Å². The monoisotopic (exact) mass is 472 g/mol. The lowest BCUT2D eigenvalue weighted by molar-refractivity contribution is -0.141. The maximum absolute atomic E-state index is 12.8. The summed E-state index contributed by atoms with van der Waals surface area (Å²) >= 11 is 0. The van der Waals surface area contributed by atoms with Crippen LogP contribution < -0.4 is 21.7 Å². The SMILES string of the molecule is CCC(C)C(N)C(=O)NC(Cc1ccccc1)C(=O)NCC(=O)NC(Cc1cnc[nH]1)C(=O)O. The van der Waals surface area contributed by atoms with Crippen molar-refractivity contribution >= 4 is 23.7 Å². The van der Waals surface area contributed by atoms with Gasteiger partial charge in [0.25, 0.3) is 0 Å². The minimum absolute atomic E-state index is 0.00914. The fourth-order valence-corrected chi connectivity index (χ4v) is 3.19. The van der Waals surface area contributed by atoms with E-state index < -0.39 is 48.4 Å². The molecule has 7 N–H and O–H groups in total. The number of aromatic amines is 1. The Balaban J connectivity index is 2.00. The van der Waals surface area contributed by atoms with Crippen LogP contribution in [-0.2, 0) is 32.0 Å². The van der Waals surface area contributed by atoms with Crippen LogP contribution in [0.3, 0.4) is 0 Å². The number of nitrogens with zero attached hydrogens (tertiary/aromatic N) is 1. The summed E-state index contributed by atoms with van der Waals surface area (Å²) in [7, 11) is 0. The smallest absolute Gasteiger partial charge is 0.326 e. The van der Waals surface area contributed by atoms with E-state index in [1.165, 1.54) is 12.5 Å². The lowest BCUT2D eigenvalue weighted by Crippen LogP contribution is -2.55. The minimum Gasteiger partial charge on any atom is -0.480 e. The van der Waals surface area contributed by atoms with Gasteiger partial charge in [0.1, 0.15) is 12.1 Å². The largest absolute Gasteiger partial charge is 0.480 e. The molecule has 4 atom stereocenters. The Bertz CT molecular complexity index is 950. The zero-order chi connectivity index (χ0) is 25.1. The van der Waals surface area contributed by atoms with Crippen molar-refractivity contribution in [3.05, 3.63) is 54.1 Å². The normalized spacial score (nSPS) is 14.3. The van der Waals surface area contributed by atoms with Crippen molar-refractivity contribution in [2.24, 2.45) is 11.7 Å². The standard InChI is InChI=1S/C23H32N6O5/c1-3-14(2)20(24)22(32)29-17(9-15-7-5-4-6-8-15)21(31)26-12-19(30)28-18(23(33)34)10-16-11-25-13-27-16/h4-8,11,13-14,17-18,20H,3,9-10,12,24H2,1-2H3,(H,25,27)(H,26,31)(H,28,30)(H,29,32)(H,33,34). The number of nitrogens with one attached hydrogen (secondary N) is 4. The third-order valence-corrected chi connectivity index (χ3v) is 5.51. The summed E-state index contributed by atoms with van der Waals surface area (Å²) < 4.78 is 0. The minimum atomic E-state index is -1.22. The van der Waals surface area contributed by atoms with E-state index in [0.29, 0.717) is 12.1 Å². The lowest BCUT2D eigenvalue weighted by Gasteiger charge is -2.23. The number of imidazole rings is 1. The molecule has 11 nitrogen and oxygen atoms in total. The van der Waals surface area contributed by atoms with Crippen molar-refractivity contribution < 1.29 is 24.3 Å². The summed E-state index contributed by atoms with van der Waals surface area (Å²) in [6.45, 7) is 3.31. The number of aromatic nitrogens is 2. The number of amides is 3. The van der Waals surface area contributed by atoms with Crippen LogP contribution in [0.1, 0.15) is 31.5 Å². The molecule has 34 heavy (non-hydrogen) atoms. The van der Waals surface area contributed by atoms with Gasteiger partial charge >= 0.3 is 5.97 Å². The number of carboxylic acid groups (broad SMARTS) is 1. The van der Waals surface area contributed by atoms with E-state index in [1.54, 1.807) is 0 Å². The van der Waals surface area contributed by atoms with Crippen molar-refractivity contribution in [2.45, 2.75) is 51.2 Å². The molecule has 4 unspecified atom stereocenters.